The molecule has 0 bridgehead atoms. The average molecular weight is 196 g/mol. The summed E-state index contributed by atoms with van der Waals surface area (Å²) in [4.78, 5) is 21.7. The van der Waals surface area contributed by atoms with E-state index in [0.717, 1.165) is 6.08 Å². The molecule has 0 spiro atoms. The fourth-order valence-corrected chi connectivity index (χ4v) is 0.941. The van der Waals surface area contributed by atoms with Gasteiger partial charge in [-0.15, -0.1) is 0 Å². The minimum absolute atomic E-state index is 0. The van der Waals surface area contributed by atoms with Crippen LogP contribution in [0.4, 0.5) is 0 Å². The Bertz CT molecular complexity index is 382. The maximum atomic E-state index is 11.4. The predicted octanol–water partition coefficient (Wildman–Crippen LogP) is -2.43. The van der Waals surface area contributed by atoms with E-state index in [-0.39, 0.29) is 30.2 Å². The molecule has 1 rings (SSSR count). The number of carboxylic acid groups (broad SMARTS) is 1. The number of aliphatic carboxylic acids is 1. The van der Waals surface area contributed by atoms with Gasteiger partial charge in [-0.3, -0.25) is 4.79 Å². The molecule has 0 aliphatic carbocycles. The van der Waals surface area contributed by atoms with Gasteiger partial charge < -0.3 is 9.90 Å². The SMILES string of the molecule is C/C(=C\C(=O)c1ccccc1)C(=O)[O-].[Li+]. The third-order valence-corrected chi connectivity index (χ3v) is 1.73. The average Bonchev–Trinajstić information content (AvgIpc) is 2.19. The molecule has 0 fully saturated rings. The van der Waals surface area contributed by atoms with Crippen molar-refractivity contribution in [3.05, 3.63) is 47.5 Å². The van der Waals surface area contributed by atoms with Crippen LogP contribution in [0.5, 0.6) is 0 Å². The van der Waals surface area contributed by atoms with Crippen LogP contribution in [0.25, 0.3) is 0 Å². The van der Waals surface area contributed by atoms with Crippen LogP contribution in [0.1, 0.15) is 17.3 Å². The Balaban J connectivity index is 0.00000196. The van der Waals surface area contributed by atoms with Crippen molar-refractivity contribution in [1.82, 2.24) is 0 Å². The summed E-state index contributed by atoms with van der Waals surface area (Å²) in [7, 11) is 0. The van der Waals surface area contributed by atoms with Gasteiger partial charge in [-0.2, -0.15) is 0 Å². The maximum absolute atomic E-state index is 11.4. The zero-order valence-corrected chi connectivity index (χ0v) is 8.69. The Morgan fingerprint density at radius 2 is 1.73 bits per heavy atom. The Hall–Kier alpha value is -1.30. The van der Waals surface area contributed by atoms with Crippen molar-refractivity contribution in [3.63, 3.8) is 0 Å². The first kappa shape index (κ1) is 13.7. The number of allylic oxidation sites excluding steroid dienone is 1. The van der Waals surface area contributed by atoms with E-state index in [2.05, 4.69) is 0 Å². The van der Waals surface area contributed by atoms with Gasteiger partial charge in [-0.1, -0.05) is 30.3 Å². The largest absolute Gasteiger partial charge is 1.00 e. The topological polar surface area (TPSA) is 57.2 Å². The third-order valence-electron chi connectivity index (χ3n) is 1.73. The normalized spacial score (nSPS) is 10.3. The maximum Gasteiger partial charge on any atom is 1.00 e. The van der Waals surface area contributed by atoms with E-state index in [1.165, 1.54) is 6.92 Å². The molecule has 0 amide bonds. The molecular formula is C11H9LiO3. The zero-order chi connectivity index (χ0) is 10.6. The first-order valence-corrected chi connectivity index (χ1v) is 4.10. The number of carbonyl (C=O) groups excluding carboxylic acids is 2. The summed E-state index contributed by atoms with van der Waals surface area (Å²) in [6, 6.07) is 8.47. The van der Waals surface area contributed by atoms with Crippen LogP contribution in [-0.2, 0) is 4.79 Å². The molecule has 15 heavy (non-hydrogen) atoms. The smallest absolute Gasteiger partial charge is 0.545 e. The molecule has 0 radical (unpaired) electrons. The van der Waals surface area contributed by atoms with Gasteiger partial charge in [0.25, 0.3) is 0 Å². The van der Waals surface area contributed by atoms with Crippen LogP contribution in [0.2, 0.25) is 0 Å². The van der Waals surface area contributed by atoms with E-state index in [9.17, 15) is 14.7 Å². The molecule has 0 atom stereocenters. The van der Waals surface area contributed by atoms with Crippen LogP contribution in [0.3, 0.4) is 0 Å². The Morgan fingerprint density at radius 1 is 1.20 bits per heavy atom. The van der Waals surface area contributed by atoms with Gasteiger partial charge in [0.05, 0.1) is 5.97 Å². The zero-order valence-electron chi connectivity index (χ0n) is 8.69. The number of hydrogen-bond donors (Lipinski definition) is 0. The minimum atomic E-state index is -1.32. The van der Waals surface area contributed by atoms with E-state index in [0.29, 0.717) is 5.56 Å². The van der Waals surface area contributed by atoms with Crippen molar-refractivity contribution in [2.24, 2.45) is 0 Å². The molecule has 4 heteroatoms. The number of benzene rings is 1. The number of rotatable bonds is 3. The monoisotopic (exact) mass is 196 g/mol. The van der Waals surface area contributed by atoms with Crippen LogP contribution >= 0.6 is 0 Å². The molecule has 0 aliphatic heterocycles. The number of ketones is 1. The van der Waals surface area contributed by atoms with Gasteiger partial charge in [0, 0.05) is 5.56 Å². The van der Waals surface area contributed by atoms with Gasteiger partial charge in [0.15, 0.2) is 5.78 Å². The summed E-state index contributed by atoms with van der Waals surface area (Å²) < 4.78 is 0. The van der Waals surface area contributed by atoms with E-state index in [1.807, 2.05) is 0 Å². The molecule has 0 saturated heterocycles. The van der Waals surface area contributed by atoms with Crippen molar-refractivity contribution in [2.75, 3.05) is 0 Å². The molecule has 1 aromatic carbocycles. The Morgan fingerprint density at radius 3 is 2.20 bits per heavy atom. The molecule has 3 nitrogen and oxygen atoms in total. The second-order valence-corrected chi connectivity index (χ2v) is 2.85. The summed E-state index contributed by atoms with van der Waals surface area (Å²) in [5.41, 5.74) is 0.395. The second-order valence-electron chi connectivity index (χ2n) is 2.85. The number of carboxylic acids is 1. The van der Waals surface area contributed by atoms with Crippen molar-refractivity contribution in [2.45, 2.75) is 6.92 Å². The molecule has 0 aromatic heterocycles. The van der Waals surface area contributed by atoms with Crippen molar-refractivity contribution in [3.8, 4) is 0 Å². The fraction of sp³-hybridized carbons (Fsp3) is 0.0909. The van der Waals surface area contributed by atoms with E-state index < -0.39 is 5.97 Å². The fourth-order valence-electron chi connectivity index (χ4n) is 0.941. The molecule has 0 unspecified atom stereocenters. The molecular weight excluding hydrogens is 187 g/mol. The van der Waals surface area contributed by atoms with Crippen LogP contribution in [-0.4, -0.2) is 11.8 Å². The summed E-state index contributed by atoms with van der Waals surface area (Å²) in [6.45, 7) is 1.33. The molecule has 72 valence electrons. The summed E-state index contributed by atoms with van der Waals surface area (Å²) in [5, 5.41) is 10.3. The molecule has 0 heterocycles. The standard InChI is InChI=1S/C11H10O3.Li/c1-8(11(13)14)7-10(12)9-5-3-2-4-6-9;/h2-7H,1H3,(H,13,14);/q;+1/p-1/b8-7+;. The van der Waals surface area contributed by atoms with Crippen LogP contribution in [0, 0.1) is 0 Å². The molecule has 0 aliphatic rings. The summed E-state index contributed by atoms with van der Waals surface area (Å²) in [5.74, 6) is -1.65. The van der Waals surface area contributed by atoms with Crippen LogP contribution < -0.4 is 24.0 Å². The first-order chi connectivity index (χ1) is 6.61. The molecule has 1 aromatic rings. The third kappa shape index (κ3) is 4.16. The Labute approximate surface area is 100.0 Å². The minimum Gasteiger partial charge on any atom is -0.545 e. The van der Waals surface area contributed by atoms with Gasteiger partial charge in [0.2, 0.25) is 0 Å². The molecule has 0 N–H and O–H groups in total. The quantitative estimate of drug-likeness (QED) is 0.307. The van der Waals surface area contributed by atoms with Crippen LogP contribution in [0.15, 0.2) is 42.0 Å². The number of carbonyl (C=O) groups is 2. The van der Waals surface area contributed by atoms with Crippen molar-refractivity contribution < 1.29 is 33.6 Å². The van der Waals surface area contributed by atoms with Gasteiger partial charge >= 0.3 is 18.9 Å². The number of hydrogen-bond acceptors (Lipinski definition) is 3. The first-order valence-electron chi connectivity index (χ1n) is 4.10. The van der Waals surface area contributed by atoms with E-state index in [1.54, 1.807) is 30.3 Å². The summed E-state index contributed by atoms with van der Waals surface area (Å²) >= 11 is 0. The Kier molecular flexibility index (Phi) is 5.69. The van der Waals surface area contributed by atoms with Crippen molar-refractivity contribution >= 4 is 11.8 Å². The summed E-state index contributed by atoms with van der Waals surface area (Å²) in [6.07, 6.45) is 1.06. The predicted molar refractivity (Wildman–Crippen MR) is 49.5 cm³/mol. The molecule has 0 saturated carbocycles. The van der Waals surface area contributed by atoms with E-state index >= 15 is 0 Å². The van der Waals surface area contributed by atoms with Gasteiger partial charge in [-0.05, 0) is 18.6 Å². The van der Waals surface area contributed by atoms with E-state index in [4.69, 9.17) is 0 Å². The van der Waals surface area contributed by atoms with Gasteiger partial charge in [0.1, 0.15) is 0 Å². The van der Waals surface area contributed by atoms with Crippen molar-refractivity contribution in [1.29, 1.82) is 0 Å². The second kappa shape index (κ2) is 6.23. The van der Waals surface area contributed by atoms with Gasteiger partial charge in [-0.25, -0.2) is 0 Å².